The van der Waals surface area contributed by atoms with Crippen LogP contribution >= 0.6 is 0 Å². The molecular formula is C16H23N. The van der Waals surface area contributed by atoms with Gasteiger partial charge in [0.2, 0.25) is 0 Å². The van der Waals surface area contributed by atoms with Gasteiger partial charge < -0.3 is 0 Å². The van der Waals surface area contributed by atoms with Gasteiger partial charge in [0.1, 0.15) is 0 Å². The Morgan fingerprint density at radius 3 is 2.71 bits per heavy atom. The Bertz CT molecular complexity index is 366. The van der Waals surface area contributed by atoms with Crippen LogP contribution in [-0.4, -0.2) is 5.71 Å². The molecule has 0 aliphatic heterocycles. The van der Waals surface area contributed by atoms with E-state index >= 15 is 0 Å². The summed E-state index contributed by atoms with van der Waals surface area (Å²) < 4.78 is 0. The molecule has 0 N–H and O–H groups in total. The van der Waals surface area contributed by atoms with E-state index in [0.29, 0.717) is 6.04 Å². The van der Waals surface area contributed by atoms with Gasteiger partial charge in [0.15, 0.2) is 0 Å². The number of hydrogen-bond donors (Lipinski definition) is 0. The van der Waals surface area contributed by atoms with Crippen LogP contribution in [0.15, 0.2) is 35.3 Å². The molecule has 1 aromatic rings. The lowest BCUT2D eigenvalue weighted by atomic mass is 9.85. The number of aliphatic imine (C=N–C) groups is 1. The van der Waals surface area contributed by atoms with E-state index in [1.54, 1.807) is 0 Å². The molecule has 1 saturated carbocycles. The van der Waals surface area contributed by atoms with Crippen molar-refractivity contribution in [3.8, 4) is 0 Å². The molecule has 1 nitrogen and oxygen atoms in total. The molecule has 1 aromatic carbocycles. The number of hydrogen-bond acceptors (Lipinski definition) is 1. The lowest BCUT2D eigenvalue weighted by molar-refractivity contribution is 0.509. The molecule has 1 fully saturated rings. The fourth-order valence-electron chi connectivity index (χ4n) is 2.73. The second-order valence-corrected chi connectivity index (χ2v) is 5.06. The number of nitrogens with zero attached hydrogens (tertiary/aromatic N) is 1. The SMILES string of the molecule is CCC1CCCCC1=NC(C)c1ccccc1. The van der Waals surface area contributed by atoms with Crippen LogP contribution in [0, 0.1) is 5.92 Å². The summed E-state index contributed by atoms with van der Waals surface area (Å²) in [6, 6.07) is 10.9. The van der Waals surface area contributed by atoms with Gasteiger partial charge >= 0.3 is 0 Å². The van der Waals surface area contributed by atoms with Gasteiger partial charge in [-0.1, -0.05) is 43.7 Å². The zero-order chi connectivity index (χ0) is 12.1. The molecule has 2 rings (SSSR count). The van der Waals surface area contributed by atoms with Crippen molar-refractivity contribution in [2.75, 3.05) is 0 Å². The molecule has 2 atom stereocenters. The fourth-order valence-corrected chi connectivity index (χ4v) is 2.73. The van der Waals surface area contributed by atoms with Gasteiger partial charge in [-0.25, -0.2) is 0 Å². The molecule has 0 radical (unpaired) electrons. The Labute approximate surface area is 105 Å². The summed E-state index contributed by atoms with van der Waals surface area (Å²) in [6.45, 7) is 4.50. The largest absolute Gasteiger partial charge is 0.286 e. The maximum atomic E-state index is 4.98. The second kappa shape index (κ2) is 6.00. The van der Waals surface area contributed by atoms with Crippen molar-refractivity contribution in [1.82, 2.24) is 0 Å². The molecule has 0 spiro atoms. The lowest BCUT2D eigenvalue weighted by Crippen LogP contribution is -2.19. The Morgan fingerprint density at radius 2 is 2.00 bits per heavy atom. The zero-order valence-electron chi connectivity index (χ0n) is 11.0. The molecule has 0 bridgehead atoms. The lowest BCUT2D eigenvalue weighted by Gasteiger charge is -2.24. The quantitative estimate of drug-likeness (QED) is 0.706. The van der Waals surface area contributed by atoms with E-state index in [-0.39, 0.29) is 0 Å². The summed E-state index contributed by atoms with van der Waals surface area (Å²) in [7, 11) is 0. The van der Waals surface area contributed by atoms with Crippen LogP contribution in [0.25, 0.3) is 0 Å². The number of benzene rings is 1. The van der Waals surface area contributed by atoms with Crippen LogP contribution in [0.1, 0.15) is 57.6 Å². The highest BCUT2D eigenvalue weighted by Gasteiger charge is 2.19. The van der Waals surface area contributed by atoms with Crippen molar-refractivity contribution in [3.05, 3.63) is 35.9 Å². The van der Waals surface area contributed by atoms with Crippen LogP contribution < -0.4 is 0 Å². The van der Waals surface area contributed by atoms with E-state index in [9.17, 15) is 0 Å². The molecule has 1 heteroatoms. The van der Waals surface area contributed by atoms with Crippen molar-refractivity contribution >= 4 is 5.71 Å². The third kappa shape index (κ3) is 3.18. The van der Waals surface area contributed by atoms with E-state index < -0.39 is 0 Å². The third-order valence-electron chi connectivity index (χ3n) is 3.84. The summed E-state index contributed by atoms with van der Waals surface area (Å²) in [5.74, 6) is 0.745. The van der Waals surface area contributed by atoms with E-state index in [1.165, 1.54) is 43.4 Å². The molecule has 0 heterocycles. The molecule has 0 aromatic heterocycles. The summed E-state index contributed by atoms with van der Waals surface area (Å²) in [5.41, 5.74) is 2.80. The first-order valence-electron chi connectivity index (χ1n) is 6.92. The predicted molar refractivity (Wildman–Crippen MR) is 74.5 cm³/mol. The maximum Gasteiger partial charge on any atom is 0.0720 e. The second-order valence-electron chi connectivity index (χ2n) is 5.06. The average molecular weight is 229 g/mol. The minimum atomic E-state index is 0.318. The van der Waals surface area contributed by atoms with Gasteiger partial charge in [0, 0.05) is 5.71 Å². The molecule has 1 aliphatic carbocycles. The van der Waals surface area contributed by atoms with Crippen LogP contribution in [0.3, 0.4) is 0 Å². The van der Waals surface area contributed by atoms with Gasteiger partial charge in [-0.2, -0.15) is 0 Å². The Morgan fingerprint density at radius 1 is 1.24 bits per heavy atom. The topological polar surface area (TPSA) is 12.4 Å². The monoisotopic (exact) mass is 229 g/mol. The van der Waals surface area contributed by atoms with Crippen molar-refractivity contribution in [2.24, 2.45) is 10.9 Å². The summed E-state index contributed by atoms with van der Waals surface area (Å²) in [4.78, 5) is 4.98. The first kappa shape index (κ1) is 12.3. The first-order valence-corrected chi connectivity index (χ1v) is 6.92. The standard InChI is InChI=1S/C16H23N/c1-3-14-9-7-8-12-16(14)17-13(2)15-10-5-4-6-11-15/h4-6,10-11,13-14H,3,7-9,12H2,1-2H3. The van der Waals surface area contributed by atoms with Crippen LogP contribution in [0.5, 0.6) is 0 Å². The predicted octanol–water partition coefficient (Wildman–Crippen LogP) is 4.79. The third-order valence-corrected chi connectivity index (χ3v) is 3.84. The molecule has 0 amide bonds. The Kier molecular flexibility index (Phi) is 4.36. The fraction of sp³-hybridized carbons (Fsp3) is 0.562. The Balaban J connectivity index is 2.12. The van der Waals surface area contributed by atoms with Crippen molar-refractivity contribution in [1.29, 1.82) is 0 Å². The smallest absolute Gasteiger partial charge is 0.0720 e. The normalized spacial score (nSPS) is 24.8. The van der Waals surface area contributed by atoms with Gasteiger partial charge in [0.25, 0.3) is 0 Å². The summed E-state index contributed by atoms with van der Waals surface area (Å²) >= 11 is 0. The first-order chi connectivity index (χ1) is 8.31. The van der Waals surface area contributed by atoms with Crippen molar-refractivity contribution in [2.45, 2.75) is 52.0 Å². The van der Waals surface area contributed by atoms with Gasteiger partial charge in [-0.15, -0.1) is 0 Å². The van der Waals surface area contributed by atoms with Crippen molar-refractivity contribution in [3.63, 3.8) is 0 Å². The minimum absolute atomic E-state index is 0.318. The van der Waals surface area contributed by atoms with Crippen LogP contribution in [0.4, 0.5) is 0 Å². The average Bonchev–Trinajstić information content (AvgIpc) is 2.40. The minimum Gasteiger partial charge on any atom is -0.286 e. The van der Waals surface area contributed by atoms with E-state index in [0.717, 1.165) is 5.92 Å². The molecule has 17 heavy (non-hydrogen) atoms. The maximum absolute atomic E-state index is 4.98. The van der Waals surface area contributed by atoms with Crippen LogP contribution in [0.2, 0.25) is 0 Å². The molecule has 92 valence electrons. The van der Waals surface area contributed by atoms with Crippen molar-refractivity contribution < 1.29 is 0 Å². The van der Waals surface area contributed by atoms with Gasteiger partial charge in [-0.3, -0.25) is 4.99 Å². The van der Waals surface area contributed by atoms with Gasteiger partial charge in [-0.05, 0) is 44.1 Å². The highest BCUT2D eigenvalue weighted by atomic mass is 14.8. The summed E-state index contributed by atoms with van der Waals surface area (Å²) in [5, 5.41) is 0. The van der Waals surface area contributed by atoms with Gasteiger partial charge in [0.05, 0.1) is 6.04 Å². The molecule has 1 aliphatic rings. The molecule has 0 saturated heterocycles. The highest BCUT2D eigenvalue weighted by molar-refractivity contribution is 5.87. The molecule has 2 unspecified atom stereocenters. The van der Waals surface area contributed by atoms with E-state index in [1.807, 2.05) is 0 Å². The van der Waals surface area contributed by atoms with E-state index in [2.05, 4.69) is 44.2 Å². The summed E-state index contributed by atoms with van der Waals surface area (Å²) in [6.07, 6.45) is 6.53. The zero-order valence-corrected chi connectivity index (χ0v) is 11.0. The highest BCUT2D eigenvalue weighted by Crippen LogP contribution is 2.27. The molecular weight excluding hydrogens is 206 g/mol. The number of rotatable bonds is 3. The van der Waals surface area contributed by atoms with Crippen LogP contribution in [-0.2, 0) is 0 Å². The Hall–Kier alpha value is -1.11. The van der Waals surface area contributed by atoms with E-state index in [4.69, 9.17) is 4.99 Å².